The standard InChI is InChI=1S/C15H30N4O/c1-13-9-15(11-16,12-17(13)2)19-4-3-14(10-19)18-5-7-20-8-6-18/h13-14H,3-12,16H2,1-2H3. The van der Waals surface area contributed by atoms with Crippen LogP contribution in [0.5, 0.6) is 0 Å². The van der Waals surface area contributed by atoms with Crippen LogP contribution in [0.3, 0.4) is 0 Å². The van der Waals surface area contributed by atoms with Crippen LogP contribution in [0.1, 0.15) is 19.8 Å². The molecule has 3 fully saturated rings. The van der Waals surface area contributed by atoms with Gasteiger partial charge in [-0.15, -0.1) is 0 Å². The maximum atomic E-state index is 6.20. The molecule has 0 aromatic rings. The van der Waals surface area contributed by atoms with E-state index in [9.17, 15) is 0 Å². The molecule has 0 aliphatic carbocycles. The van der Waals surface area contributed by atoms with Crippen LogP contribution in [0, 0.1) is 0 Å². The van der Waals surface area contributed by atoms with Crippen LogP contribution in [-0.4, -0.2) is 91.9 Å². The summed E-state index contributed by atoms with van der Waals surface area (Å²) in [6, 6.07) is 1.37. The van der Waals surface area contributed by atoms with Crippen LogP contribution in [0.25, 0.3) is 0 Å². The van der Waals surface area contributed by atoms with Gasteiger partial charge < -0.3 is 15.4 Å². The van der Waals surface area contributed by atoms with Gasteiger partial charge in [-0.25, -0.2) is 0 Å². The highest BCUT2D eigenvalue weighted by atomic mass is 16.5. The number of likely N-dealkylation sites (N-methyl/N-ethyl adjacent to an activating group) is 1. The summed E-state index contributed by atoms with van der Waals surface area (Å²) in [5, 5.41) is 0. The molecule has 0 aromatic heterocycles. The van der Waals surface area contributed by atoms with Gasteiger partial charge in [0, 0.05) is 56.9 Å². The van der Waals surface area contributed by atoms with E-state index in [0.717, 1.165) is 39.4 Å². The van der Waals surface area contributed by atoms with Gasteiger partial charge in [-0.2, -0.15) is 0 Å². The van der Waals surface area contributed by atoms with Crippen LogP contribution in [-0.2, 0) is 4.74 Å². The number of rotatable bonds is 3. The van der Waals surface area contributed by atoms with Gasteiger partial charge in [0.1, 0.15) is 0 Å². The monoisotopic (exact) mass is 282 g/mol. The van der Waals surface area contributed by atoms with E-state index >= 15 is 0 Å². The van der Waals surface area contributed by atoms with E-state index in [4.69, 9.17) is 10.5 Å². The van der Waals surface area contributed by atoms with Gasteiger partial charge in [0.2, 0.25) is 0 Å². The van der Waals surface area contributed by atoms with Crippen molar-refractivity contribution in [2.24, 2.45) is 5.73 Å². The molecule has 5 nitrogen and oxygen atoms in total. The van der Waals surface area contributed by atoms with Gasteiger partial charge in [0.25, 0.3) is 0 Å². The third kappa shape index (κ3) is 2.62. The van der Waals surface area contributed by atoms with Crippen LogP contribution < -0.4 is 5.73 Å². The largest absolute Gasteiger partial charge is 0.379 e. The lowest BCUT2D eigenvalue weighted by atomic mass is 9.94. The molecule has 0 radical (unpaired) electrons. The van der Waals surface area contributed by atoms with Crippen molar-refractivity contribution in [1.82, 2.24) is 14.7 Å². The number of hydrogen-bond acceptors (Lipinski definition) is 5. The minimum Gasteiger partial charge on any atom is -0.379 e. The number of nitrogens with zero attached hydrogens (tertiary/aromatic N) is 3. The smallest absolute Gasteiger partial charge is 0.0594 e. The fourth-order valence-corrected chi connectivity index (χ4v) is 4.31. The quantitative estimate of drug-likeness (QED) is 0.778. The molecule has 116 valence electrons. The van der Waals surface area contributed by atoms with Gasteiger partial charge in [-0.05, 0) is 26.8 Å². The summed E-state index contributed by atoms with van der Waals surface area (Å²) in [6.07, 6.45) is 2.51. The Morgan fingerprint density at radius 1 is 1.25 bits per heavy atom. The van der Waals surface area contributed by atoms with Crippen molar-refractivity contribution in [3.63, 3.8) is 0 Å². The molecule has 3 unspecified atom stereocenters. The van der Waals surface area contributed by atoms with Gasteiger partial charge in [0.15, 0.2) is 0 Å². The normalized spacial score (nSPS) is 41.5. The van der Waals surface area contributed by atoms with Crippen molar-refractivity contribution in [3.05, 3.63) is 0 Å². The number of likely N-dealkylation sites (tertiary alicyclic amines) is 2. The molecular weight excluding hydrogens is 252 g/mol. The first kappa shape index (κ1) is 14.7. The van der Waals surface area contributed by atoms with E-state index in [1.165, 1.54) is 25.9 Å². The summed E-state index contributed by atoms with van der Waals surface area (Å²) in [6.45, 7) is 10.6. The highest BCUT2D eigenvalue weighted by molar-refractivity contribution is 5.05. The second-order valence-corrected chi connectivity index (χ2v) is 6.93. The van der Waals surface area contributed by atoms with Crippen LogP contribution in [0.4, 0.5) is 0 Å². The van der Waals surface area contributed by atoms with Crippen LogP contribution in [0.15, 0.2) is 0 Å². The molecule has 20 heavy (non-hydrogen) atoms. The first-order valence-electron chi connectivity index (χ1n) is 8.12. The Hall–Kier alpha value is -0.200. The molecule has 0 aromatic carbocycles. The van der Waals surface area contributed by atoms with E-state index in [-0.39, 0.29) is 5.54 Å². The molecule has 3 saturated heterocycles. The molecule has 3 aliphatic rings. The number of ether oxygens (including phenoxy) is 1. The lowest BCUT2D eigenvalue weighted by Crippen LogP contribution is -2.55. The molecule has 0 spiro atoms. The third-order valence-corrected chi connectivity index (χ3v) is 5.75. The predicted molar refractivity (Wildman–Crippen MR) is 80.9 cm³/mol. The summed E-state index contributed by atoms with van der Waals surface area (Å²) in [5.74, 6) is 0. The summed E-state index contributed by atoms with van der Waals surface area (Å²) in [7, 11) is 2.23. The van der Waals surface area contributed by atoms with Crippen LogP contribution >= 0.6 is 0 Å². The van der Waals surface area contributed by atoms with Crippen molar-refractivity contribution in [2.45, 2.75) is 37.4 Å². The molecule has 3 heterocycles. The fraction of sp³-hybridized carbons (Fsp3) is 1.00. The SMILES string of the molecule is CC1CC(CN)(N2CCC(N3CCOCC3)C2)CN1C. The van der Waals surface area contributed by atoms with Crippen molar-refractivity contribution < 1.29 is 4.74 Å². The second-order valence-electron chi connectivity index (χ2n) is 6.93. The van der Waals surface area contributed by atoms with Gasteiger partial charge in [0.05, 0.1) is 13.2 Å². The molecule has 0 bridgehead atoms. The Kier molecular flexibility index (Phi) is 4.34. The van der Waals surface area contributed by atoms with Crippen molar-refractivity contribution in [1.29, 1.82) is 0 Å². The Morgan fingerprint density at radius 2 is 2.00 bits per heavy atom. The van der Waals surface area contributed by atoms with Gasteiger partial charge in [-0.3, -0.25) is 9.80 Å². The minimum atomic E-state index is 0.217. The molecule has 5 heteroatoms. The number of morpholine rings is 1. The average Bonchev–Trinajstić information content (AvgIpc) is 3.07. The summed E-state index contributed by atoms with van der Waals surface area (Å²) >= 11 is 0. The molecule has 0 saturated carbocycles. The first-order chi connectivity index (χ1) is 9.64. The molecule has 3 atom stereocenters. The zero-order valence-electron chi connectivity index (χ0n) is 13.1. The van der Waals surface area contributed by atoms with Crippen molar-refractivity contribution in [3.8, 4) is 0 Å². The highest BCUT2D eigenvalue weighted by Gasteiger charge is 2.46. The van der Waals surface area contributed by atoms with E-state index in [0.29, 0.717) is 12.1 Å². The topological polar surface area (TPSA) is 45.0 Å². The maximum Gasteiger partial charge on any atom is 0.0594 e. The van der Waals surface area contributed by atoms with E-state index in [2.05, 4.69) is 28.7 Å². The molecule has 3 aliphatic heterocycles. The summed E-state index contributed by atoms with van der Waals surface area (Å²) in [5.41, 5.74) is 6.41. The van der Waals surface area contributed by atoms with Gasteiger partial charge in [-0.1, -0.05) is 0 Å². The number of hydrogen-bond donors (Lipinski definition) is 1. The van der Waals surface area contributed by atoms with Crippen LogP contribution in [0.2, 0.25) is 0 Å². The Labute approximate surface area is 123 Å². The highest BCUT2D eigenvalue weighted by Crippen LogP contribution is 2.34. The maximum absolute atomic E-state index is 6.20. The van der Waals surface area contributed by atoms with E-state index < -0.39 is 0 Å². The Bertz CT molecular complexity index is 322. The second kappa shape index (κ2) is 5.89. The Balaban J connectivity index is 1.63. The lowest BCUT2D eigenvalue weighted by Gasteiger charge is -2.39. The zero-order chi connectivity index (χ0) is 14.2. The summed E-state index contributed by atoms with van der Waals surface area (Å²) in [4.78, 5) is 7.78. The molecule has 0 amide bonds. The minimum absolute atomic E-state index is 0.217. The number of nitrogens with two attached hydrogens (primary N) is 1. The van der Waals surface area contributed by atoms with E-state index in [1.807, 2.05) is 0 Å². The average molecular weight is 282 g/mol. The fourth-order valence-electron chi connectivity index (χ4n) is 4.31. The lowest BCUT2D eigenvalue weighted by molar-refractivity contribution is 0.0151. The van der Waals surface area contributed by atoms with Crippen molar-refractivity contribution >= 4 is 0 Å². The first-order valence-corrected chi connectivity index (χ1v) is 8.12. The molecule has 2 N–H and O–H groups in total. The Morgan fingerprint density at radius 3 is 2.60 bits per heavy atom. The third-order valence-electron chi connectivity index (χ3n) is 5.75. The predicted octanol–water partition coefficient (Wildman–Crippen LogP) is -0.186. The zero-order valence-corrected chi connectivity index (χ0v) is 13.1. The van der Waals surface area contributed by atoms with Gasteiger partial charge >= 0.3 is 0 Å². The molecular formula is C15H30N4O. The van der Waals surface area contributed by atoms with E-state index in [1.54, 1.807) is 0 Å². The molecule has 3 rings (SSSR count). The van der Waals surface area contributed by atoms with Crippen molar-refractivity contribution in [2.75, 3.05) is 59.5 Å². The summed E-state index contributed by atoms with van der Waals surface area (Å²) < 4.78 is 5.47.